The monoisotopic (exact) mass is 421 g/mol. The molecule has 0 aliphatic carbocycles. The number of ether oxygens (including phenoxy) is 2. The van der Waals surface area contributed by atoms with Gasteiger partial charge in [-0.3, -0.25) is 9.59 Å². The highest BCUT2D eigenvalue weighted by Gasteiger charge is 2.42. The summed E-state index contributed by atoms with van der Waals surface area (Å²) >= 11 is 0. The number of methoxy groups -OCH3 is 1. The number of nitrogens with zero attached hydrogens (tertiary/aromatic N) is 1. The van der Waals surface area contributed by atoms with Crippen LogP contribution in [0.25, 0.3) is 11.0 Å². The molecule has 0 fully saturated rings. The summed E-state index contributed by atoms with van der Waals surface area (Å²) in [4.78, 5) is 28.5. The lowest BCUT2D eigenvalue weighted by molar-refractivity contribution is 0.0593. The summed E-state index contributed by atoms with van der Waals surface area (Å²) in [6, 6.07) is 12.4. The van der Waals surface area contributed by atoms with Crippen molar-refractivity contribution in [3.63, 3.8) is 0 Å². The number of fused-ring (bicyclic) bond motifs is 2. The van der Waals surface area contributed by atoms with E-state index in [9.17, 15) is 9.59 Å². The molecular formula is C25H27NO5. The van der Waals surface area contributed by atoms with E-state index in [0.717, 1.165) is 11.1 Å². The second-order valence-corrected chi connectivity index (χ2v) is 8.12. The first kappa shape index (κ1) is 21.1. The van der Waals surface area contributed by atoms with E-state index in [4.69, 9.17) is 13.9 Å². The second-order valence-electron chi connectivity index (χ2n) is 8.12. The van der Waals surface area contributed by atoms with Crippen LogP contribution in [-0.4, -0.2) is 37.2 Å². The Morgan fingerprint density at radius 1 is 1.10 bits per heavy atom. The van der Waals surface area contributed by atoms with Gasteiger partial charge in [-0.05, 0) is 57.0 Å². The molecule has 1 atom stereocenters. The molecule has 31 heavy (non-hydrogen) atoms. The van der Waals surface area contributed by atoms with Crippen molar-refractivity contribution in [1.82, 2.24) is 4.90 Å². The Morgan fingerprint density at radius 3 is 2.52 bits per heavy atom. The van der Waals surface area contributed by atoms with E-state index in [2.05, 4.69) is 0 Å². The fraction of sp³-hybridized carbons (Fsp3) is 0.360. The minimum Gasteiger partial charge on any atom is -0.497 e. The number of hydrogen-bond donors (Lipinski definition) is 0. The van der Waals surface area contributed by atoms with Gasteiger partial charge >= 0.3 is 0 Å². The van der Waals surface area contributed by atoms with Crippen LogP contribution in [0.3, 0.4) is 0 Å². The standard InChI is InChI=1S/C25H27NO5/c1-15(2)30-13-5-12-26-22(17-7-9-18(29-4)10-8-17)21-23(27)19-14-16(3)6-11-20(19)31-24(21)25(26)28/h6-11,14-15,22H,5,12-13H2,1-4H3. The van der Waals surface area contributed by atoms with Gasteiger partial charge in [-0.1, -0.05) is 23.8 Å². The zero-order valence-corrected chi connectivity index (χ0v) is 18.3. The van der Waals surface area contributed by atoms with Gasteiger partial charge in [0, 0.05) is 13.2 Å². The molecule has 0 saturated carbocycles. The number of carbonyl (C=O) groups is 1. The summed E-state index contributed by atoms with van der Waals surface area (Å²) in [6.45, 7) is 6.89. The van der Waals surface area contributed by atoms with Crippen molar-refractivity contribution < 1.29 is 18.7 Å². The van der Waals surface area contributed by atoms with Crippen molar-refractivity contribution in [1.29, 1.82) is 0 Å². The summed E-state index contributed by atoms with van der Waals surface area (Å²) in [7, 11) is 1.60. The van der Waals surface area contributed by atoms with Gasteiger partial charge in [0.05, 0.1) is 30.2 Å². The Hall–Kier alpha value is -3.12. The topological polar surface area (TPSA) is 69.0 Å². The van der Waals surface area contributed by atoms with Gasteiger partial charge < -0.3 is 18.8 Å². The van der Waals surface area contributed by atoms with Gasteiger partial charge in [-0.15, -0.1) is 0 Å². The number of benzene rings is 2. The number of hydrogen-bond acceptors (Lipinski definition) is 5. The van der Waals surface area contributed by atoms with Crippen molar-refractivity contribution in [2.75, 3.05) is 20.3 Å². The number of aryl methyl sites for hydroxylation is 1. The maximum atomic E-state index is 13.5. The Balaban J connectivity index is 1.81. The summed E-state index contributed by atoms with van der Waals surface area (Å²) in [6.07, 6.45) is 0.790. The largest absolute Gasteiger partial charge is 0.497 e. The van der Waals surface area contributed by atoms with Crippen molar-refractivity contribution >= 4 is 16.9 Å². The van der Waals surface area contributed by atoms with Gasteiger partial charge in [0.2, 0.25) is 5.76 Å². The Kier molecular flexibility index (Phi) is 5.83. The first-order valence-corrected chi connectivity index (χ1v) is 10.5. The van der Waals surface area contributed by atoms with E-state index >= 15 is 0 Å². The SMILES string of the molecule is COc1ccc(C2c3c(oc4ccc(C)cc4c3=O)C(=O)N2CCCOC(C)C)cc1. The highest BCUT2D eigenvalue weighted by atomic mass is 16.5. The van der Waals surface area contributed by atoms with Gasteiger partial charge in [-0.2, -0.15) is 0 Å². The number of carbonyl (C=O) groups excluding carboxylic acids is 1. The molecule has 6 heteroatoms. The zero-order chi connectivity index (χ0) is 22.1. The van der Waals surface area contributed by atoms with E-state index in [0.29, 0.717) is 41.9 Å². The smallest absolute Gasteiger partial charge is 0.290 e. The van der Waals surface area contributed by atoms with Crippen molar-refractivity contribution in [3.05, 3.63) is 75.1 Å². The van der Waals surface area contributed by atoms with Crippen LogP contribution in [0.4, 0.5) is 0 Å². The van der Waals surface area contributed by atoms with Gasteiger partial charge in [0.15, 0.2) is 5.43 Å². The molecule has 1 aromatic heterocycles. The molecular weight excluding hydrogens is 394 g/mol. The lowest BCUT2D eigenvalue weighted by Gasteiger charge is -2.25. The molecule has 6 nitrogen and oxygen atoms in total. The zero-order valence-electron chi connectivity index (χ0n) is 18.3. The third-order valence-corrected chi connectivity index (χ3v) is 5.55. The lowest BCUT2D eigenvalue weighted by Crippen LogP contribution is -2.31. The average Bonchev–Trinajstić information content (AvgIpc) is 3.04. The molecule has 2 aromatic carbocycles. The molecule has 0 spiro atoms. The first-order chi connectivity index (χ1) is 14.9. The Bertz CT molecular complexity index is 1160. The Morgan fingerprint density at radius 2 is 1.84 bits per heavy atom. The van der Waals surface area contributed by atoms with E-state index in [1.54, 1.807) is 18.1 Å². The van der Waals surface area contributed by atoms with Crippen LogP contribution in [0.1, 0.15) is 53.6 Å². The van der Waals surface area contributed by atoms with Crippen molar-refractivity contribution in [3.8, 4) is 5.75 Å². The molecule has 1 aliphatic heterocycles. The molecule has 3 aromatic rings. The fourth-order valence-electron chi connectivity index (χ4n) is 4.05. The van der Waals surface area contributed by atoms with Crippen molar-refractivity contribution in [2.24, 2.45) is 0 Å². The fourth-order valence-corrected chi connectivity index (χ4v) is 4.05. The lowest BCUT2D eigenvalue weighted by atomic mass is 9.98. The summed E-state index contributed by atoms with van der Waals surface area (Å²) < 4.78 is 16.9. The summed E-state index contributed by atoms with van der Waals surface area (Å²) in [5.41, 5.74) is 2.49. The molecule has 0 N–H and O–H groups in total. The first-order valence-electron chi connectivity index (χ1n) is 10.5. The van der Waals surface area contributed by atoms with Crippen LogP contribution in [0.5, 0.6) is 5.75 Å². The minimum atomic E-state index is -0.506. The van der Waals surface area contributed by atoms with Crippen molar-refractivity contribution in [2.45, 2.75) is 39.3 Å². The predicted octanol–water partition coefficient (Wildman–Crippen LogP) is 4.47. The summed E-state index contributed by atoms with van der Waals surface area (Å²) in [5.74, 6) is 0.582. The predicted molar refractivity (Wildman–Crippen MR) is 119 cm³/mol. The van der Waals surface area contributed by atoms with E-state index < -0.39 is 6.04 Å². The highest BCUT2D eigenvalue weighted by Crippen LogP contribution is 2.38. The van der Waals surface area contributed by atoms with Gasteiger partial charge in [-0.25, -0.2) is 0 Å². The van der Waals surface area contributed by atoms with E-state index in [1.165, 1.54) is 0 Å². The maximum Gasteiger partial charge on any atom is 0.290 e. The molecule has 0 saturated heterocycles. The van der Waals surface area contributed by atoms with Crippen LogP contribution in [-0.2, 0) is 4.74 Å². The third-order valence-electron chi connectivity index (χ3n) is 5.55. The van der Waals surface area contributed by atoms with E-state index in [1.807, 2.05) is 57.2 Å². The van der Waals surface area contributed by atoms with Crippen LogP contribution in [0.2, 0.25) is 0 Å². The summed E-state index contributed by atoms with van der Waals surface area (Å²) in [5, 5.41) is 0.495. The molecule has 4 rings (SSSR count). The molecule has 162 valence electrons. The molecule has 2 heterocycles. The quantitative estimate of drug-likeness (QED) is 0.527. The number of rotatable bonds is 7. The van der Waals surface area contributed by atoms with Gasteiger partial charge in [0.1, 0.15) is 11.3 Å². The maximum absolute atomic E-state index is 13.5. The molecule has 1 amide bonds. The van der Waals surface area contributed by atoms with Crippen LogP contribution >= 0.6 is 0 Å². The normalized spacial score (nSPS) is 15.7. The van der Waals surface area contributed by atoms with Crippen LogP contribution < -0.4 is 10.2 Å². The minimum absolute atomic E-state index is 0.126. The Labute approximate surface area is 181 Å². The molecule has 1 aliphatic rings. The van der Waals surface area contributed by atoms with Crippen LogP contribution in [0.15, 0.2) is 51.7 Å². The van der Waals surface area contributed by atoms with Crippen LogP contribution in [0, 0.1) is 6.92 Å². The molecule has 0 bridgehead atoms. The number of amides is 1. The van der Waals surface area contributed by atoms with Gasteiger partial charge in [0.25, 0.3) is 5.91 Å². The molecule has 0 radical (unpaired) electrons. The average molecular weight is 421 g/mol. The van der Waals surface area contributed by atoms with E-state index in [-0.39, 0.29) is 23.2 Å². The highest BCUT2D eigenvalue weighted by molar-refractivity contribution is 5.99. The third kappa shape index (κ3) is 3.95. The second kappa shape index (κ2) is 8.55. The molecule has 1 unspecified atom stereocenters.